The summed E-state index contributed by atoms with van der Waals surface area (Å²) in [6, 6.07) is 10.3. The maximum atomic E-state index is 6.22. The Balaban J connectivity index is 2.16. The fourth-order valence-electron chi connectivity index (χ4n) is 3.05. The number of fused-ring (bicyclic) bond motifs is 1. The third-order valence-corrected chi connectivity index (χ3v) is 5.09. The minimum atomic E-state index is 0.285. The topological polar surface area (TPSA) is 27.7 Å². The van der Waals surface area contributed by atoms with Gasteiger partial charge in [0.1, 0.15) is 5.75 Å². The quantitative estimate of drug-likeness (QED) is 0.279. The van der Waals surface area contributed by atoms with Crippen molar-refractivity contribution in [1.29, 1.82) is 0 Å². The Morgan fingerprint density at radius 3 is 2.58 bits per heavy atom. The van der Waals surface area contributed by atoms with Gasteiger partial charge in [-0.2, -0.15) is 0 Å². The molecule has 4 heteroatoms. The highest BCUT2D eigenvalue weighted by atomic mass is 79.9. The van der Waals surface area contributed by atoms with E-state index in [0.29, 0.717) is 6.61 Å². The molecule has 2 aromatic rings. The number of hydrogen-bond donors (Lipinski definition) is 0. The number of unbranched alkanes of at least 4 members (excludes halogenated alkanes) is 2. The number of ether oxygens (including phenoxy) is 3. The van der Waals surface area contributed by atoms with Gasteiger partial charge >= 0.3 is 0 Å². The monoisotopic (exact) mass is 422 g/mol. The Morgan fingerprint density at radius 2 is 1.88 bits per heavy atom. The van der Waals surface area contributed by atoms with E-state index in [2.05, 4.69) is 48.0 Å². The molecule has 0 aliphatic carbocycles. The third kappa shape index (κ3) is 5.80. The predicted octanol–water partition coefficient (Wildman–Crippen LogP) is 6.75. The molecule has 0 aliphatic rings. The zero-order valence-corrected chi connectivity index (χ0v) is 17.8. The fourth-order valence-corrected chi connectivity index (χ4v) is 3.28. The molecule has 2 aromatic carbocycles. The van der Waals surface area contributed by atoms with Crippen LogP contribution in [0, 0.1) is 0 Å². The highest BCUT2D eigenvalue weighted by molar-refractivity contribution is 9.09. The first kappa shape index (κ1) is 20.9. The number of rotatable bonds is 12. The van der Waals surface area contributed by atoms with Crippen molar-refractivity contribution in [2.75, 3.05) is 19.0 Å². The summed E-state index contributed by atoms with van der Waals surface area (Å²) in [5, 5.41) is 3.09. The molecule has 0 amide bonds. The van der Waals surface area contributed by atoms with Gasteiger partial charge in [-0.05, 0) is 55.3 Å². The Bertz CT molecular complexity index is 672. The summed E-state index contributed by atoms with van der Waals surface area (Å²) >= 11 is 3.43. The largest absolute Gasteiger partial charge is 0.492 e. The molecule has 0 bridgehead atoms. The van der Waals surface area contributed by atoms with Gasteiger partial charge in [0.05, 0.1) is 19.8 Å². The maximum absolute atomic E-state index is 6.22. The summed E-state index contributed by atoms with van der Waals surface area (Å²) in [7, 11) is 1.69. The van der Waals surface area contributed by atoms with Crippen molar-refractivity contribution in [3.05, 3.63) is 30.3 Å². The van der Waals surface area contributed by atoms with E-state index in [-0.39, 0.29) is 6.10 Å². The molecule has 0 aromatic heterocycles. The lowest BCUT2D eigenvalue weighted by atomic mass is 10.1. The molecule has 0 fully saturated rings. The van der Waals surface area contributed by atoms with Gasteiger partial charge in [0.2, 0.25) is 0 Å². The first-order chi connectivity index (χ1) is 12.7. The summed E-state index contributed by atoms with van der Waals surface area (Å²) in [5.74, 6) is 2.51. The molecule has 1 unspecified atom stereocenters. The second-order valence-corrected chi connectivity index (χ2v) is 7.31. The standard InChI is InChI=1S/C22H31BrO3/c1-4-6-7-9-18(5-2)26-19-11-12-20-17(16-19)10-13-21(22(20)24-3)25-15-8-14-23/h10-13,16,18H,4-9,14-15H2,1-3H3. The number of benzene rings is 2. The highest BCUT2D eigenvalue weighted by Gasteiger charge is 2.12. The fraction of sp³-hybridized carbons (Fsp3) is 0.545. The molecule has 0 radical (unpaired) electrons. The van der Waals surface area contributed by atoms with Crippen molar-refractivity contribution in [2.45, 2.75) is 58.5 Å². The lowest BCUT2D eigenvalue weighted by Crippen LogP contribution is -2.15. The molecule has 0 saturated carbocycles. The molecule has 3 nitrogen and oxygen atoms in total. The van der Waals surface area contributed by atoms with Crippen LogP contribution in [-0.2, 0) is 0 Å². The molecule has 2 rings (SSSR count). The first-order valence-corrected chi connectivity index (χ1v) is 10.8. The third-order valence-electron chi connectivity index (χ3n) is 4.53. The second-order valence-electron chi connectivity index (χ2n) is 6.51. The number of methoxy groups -OCH3 is 1. The number of hydrogen-bond acceptors (Lipinski definition) is 3. The molecule has 144 valence electrons. The minimum Gasteiger partial charge on any atom is -0.492 e. The van der Waals surface area contributed by atoms with E-state index in [4.69, 9.17) is 14.2 Å². The van der Waals surface area contributed by atoms with Crippen LogP contribution in [0.1, 0.15) is 52.4 Å². The smallest absolute Gasteiger partial charge is 0.168 e. The van der Waals surface area contributed by atoms with Crippen LogP contribution in [0.3, 0.4) is 0 Å². The lowest BCUT2D eigenvalue weighted by Gasteiger charge is -2.18. The highest BCUT2D eigenvalue weighted by Crippen LogP contribution is 2.37. The average Bonchev–Trinajstić information content (AvgIpc) is 2.67. The van der Waals surface area contributed by atoms with Crippen LogP contribution < -0.4 is 14.2 Å². The molecule has 26 heavy (non-hydrogen) atoms. The van der Waals surface area contributed by atoms with Crippen LogP contribution >= 0.6 is 15.9 Å². The molecular weight excluding hydrogens is 392 g/mol. The van der Waals surface area contributed by atoms with Crippen molar-refractivity contribution in [1.82, 2.24) is 0 Å². The molecular formula is C22H31BrO3. The Kier molecular flexibility index (Phi) is 9.10. The predicted molar refractivity (Wildman–Crippen MR) is 113 cm³/mol. The van der Waals surface area contributed by atoms with Crippen molar-refractivity contribution in [3.8, 4) is 17.2 Å². The van der Waals surface area contributed by atoms with E-state index >= 15 is 0 Å². The second kappa shape index (κ2) is 11.3. The summed E-state index contributed by atoms with van der Waals surface area (Å²) in [6.45, 7) is 5.10. The zero-order valence-electron chi connectivity index (χ0n) is 16.2. The number of halogens is 1. The van der Waals surface area contributed by atoms with Gasteiger partial charge in [0.15, 0.2) is 11.5 Å². The van der Waals surface area contributed by atoms with Gasteiger partial charge in [0, 0.05) is 10.7 Å². The van der Waals surface area contributed by atoms with Crippen molar-refractivity contribution < 1.29 is 14.2 Å². The Morgan fingerprint density at radius 1 is 1.04 bits per heavy atom. The van der Waals surface area contributed by atoms with Crippen LogP contribution in [0.5, 0.6) is 17.2 Å². The summed E-state index contributed by atoms with van der Waals surface area (Å²) in [5.41, 5.74) is 0. The van der Waals surface area contributed by atoms with Gasteiger partial charge in [-0.25, -0.2) is 0 Å². The van der Waals surface area contributed by atoms with Crippen LogP contribution in [0.4, 0.5) is 0 Å². The van der Waals surface area contributed by atoms with Gasteiger partial charge in [0.25, 0.3) is 0 Å². The van der Waals surface area contributed by atoms with Crippen molar-refractivity contribution in [3.63, 3.8) is 0 Å². The first-order valence-electron chi connectivity index (χ1n) is 9.69. The Hall–Kier alpha value is -1.42. The summed E-state index contributed by atoms with van der Waals surface area (Å²) in [6.07, 6.45) is 7.14. The van der Waals surface area contributed by atoms with Crippen LogP contribution in [0.2, 0.25) is 0 Å². The molecule has 1 atom stereocenters. The van der Waals surface area contributed by atoms with E-state index in [1.807, 2.05) is 12.1 Å². The van der Waals surface area contributed by atoms with Gasteiger partial charge in [-0.15, -0.1) is 0 Å². The van der Waals surface area contributed by atoms with E-state index in [1.165, 1.54) is 19.3 Å². The molecule has 0 N–H and O–H groups in total. The SMILES string of the molecule is CCCCCC(CC)Oc1ccc2c(OC)c(OCCCBr)ccc2c1. The number of alkyl halides is 1. The normalized spacial score (nSPS) is 12.2. The van der Waals surface area contributed by atoms with Gasteiger partial charge in [-0.3, -0.25) is 0 Å². The molecule has 0 heterocycles. The van der Waals surface area contributed by atoms with E-state index < -0.39 is 0 Å². The van der Waals surface area contributed by atoms with Gasteiger partial charge in [-0.1, -0.05) is 48.7 Å². The van der Waals surface area contributed by atoms with E-state index in [1.54, 1.807) is 7.11 Å². The van der Waals surface area contributed by atoms with Crippen molar-refractivity contribution in [2.24, 2.45) is 0 Å². The Labute approximate surface area is 166 Å². The molecule has 0 spiro atoms. The zero-order chi connectivity index (χ0) is 18.8. The average molecular weight is 423 g/mol. The van der Waals surface area contributed by atoms with Crippen LogP contribution in [0.25, 0.3) is 10.8 Å². The minimum absolute atomic E-state index is 0.285. The van der Waals surface area contributed by atoms with Gasteiger partial charge < -0.3 is 14.2 Å². The molecule has 0 saturated heterocycles. The van der Waals surface area contributed by atoms with Crippen LogP contribution in [0.15, 0.2) is 30.3 Å². The maximum Gasteiger partial charge on any atom is 0.168 e. The summed E-state index contributed by atoms with van der Waals surface area (Å²) < 4.78 is 17.7. The van der Waals surface area contributed by atoms with Crippen molar-refractivity contribution >= 4 is 26.7 Å². The molecule has 0 aliphatic heterocycles. The lowest BCUT2D eigenvalue weighted by molar-refractivity contribution is 0.183. The van der Waals surface area contributed by atoms with E-state index in [9.17, 15) is 0 Å². The van der Waals surface area contributed by atoms with Crippen LogP contribution in [-0.4, -0.2) is 25.2 Å². The van der Waals surface area contributed by atoms with E-state index in [0.717, 1.165) is 52.6 Å². The summed E-state index contributed by atoms with van der Waals surface area (Å²) in [4.78, 5) is 0.